The number of nitro groups is 1. The number of anilines is 1. The van der Waals surface area contributed by atoms with Gasteiger partial charge in [-0.2, -0.15) is 4.98 Å². The number of aryl methyl sites for hydroxylation is 2. The molecule has 19 heavy (non-hydrogen) atoms. The van der Waals surface area contributed by atoms with Gasteiger partial charge >= 0.3 is 5.69 Å². The molecule has 0 aromatic carbocycles. The van der Waals surface area contributed by atoms with E-state index in [1.54, 1.807) is 21.0 Å². The van der Waals surface area contributed by atoms with Crippen LogP contribution in [-0.4, -0.2) is 42.1 Å². The number of aromatic nitrogens is 6. The van der Waals surface area contributed by atoms with Crippen LogP contribution < -0.4 is 5.32 Å². The maximum absolute atomic E-state index is 11.1. The van der Waals surface area contributed by atoms with Gasteiger partial charge < -0.3 is 5.32 Å². The Kier molecular flexibility index (Phi) is 3.55. The predicted molar refractivity (Wildman–Crippen MR) is 65.9 cm³/mol. The van der Waals surface area contributed by atoms with Gasteiger partial charge in [-0.25, -0.2) is 9.67 Å². The second kappa shape index (κ2) is 5.14. The van der Waals surface area contributed by atoms with Crippen LogP contribution in [0.1, 0.15) is 5.69 Å². The fourth-order valence-corrected chi connectivity index (χ4v) is 2.20. The van der Waals surface area contributed by atoms with Crippen LogP contribution in [0.15, 0.2) is 10.2 Å². The molecule has 0 fully saturated rings. The number of hydrogen-bond donors (Lipinski definition) is 1. The van der Waals surface area contributed by atoms with Gasteiger partial charge in [0.05, 0.1) is 4.92 Å². The molecule has 0 unspecified atom stereocenters. The lowest BCUT2D eigenvalue weighted by Gasteiger charge is -2.05. The minimum Gasteiger partial charge on any atom is -0.357 e. The second-order valence-corrected chi connectivity index (χ2v) is 4.44. The van der Waals surface area contributed by atoms with Crippen molar-refractivity contribution >= 4 is 23.4 Å². The molecule has 11 heteroatoms. The normalized spacial score (nSPS) is 10.5. The molecule has 2 aromatic rings. The van der Waals surface area contributed by atoms with E-state index in [0.717, 1.165) is 11.8 Å². The number of nitrogens with one attached hydrogen (secondary N) is 1. The van der Waals surface area contributed by atoms with E-state index in [1.807, 2.05) is 0 Å². The van der Waals surface area contributed by atoms with Crippen molar-refractivity contribution in [2.45, 2.75) is 17.1 Å². The Balaban J connectivity index is 2.50. The van der Waals surface area contributed by atoms with Crippen molar-refractivity contribution in [1.82, 2.24) is 30.2 Å². The van der Waals surface area contributed by atoms with Crippen LogP contribution in [0.25, 0.3) is 0 Å². The smallest absolute Gasteiger partial charge is 0.322 e. The molecule has 0 saturated carbocycles. The van der Waals surface area contributed by atoms with Crippen molar-refractivity contribution in [1.29, 1.82) is 0 Å². The largest absolute Gasteiger partial charge is 0.357 e. The Hall–Kier alpha value is -2.30. The fourth-order valence-electron chi connectivity index (χ4n) is 1.33. The van der Waals surface area contributed by atoms with Gasteiger partial charge in [0.1, 0.15) is 5.69 Å². The SMILES string of the molecule is CNc1nc(C)c([N+](=O)[O-])c(Sc2nnnn2C)n1. The Morgan fingerprint density at radius 1 is 1.42 bits per heavy atom. The van der Waals surface area contributed by atoms with Crippen molar-refractivity contribution in [3.63, 3.8) is 0 Å². The van der Waals surface area contributed by atoms with E-state index in [1.165, 1.54) is 4.68 Å². The molecule has 2 heterocycles. The van der Waals surface area contributed by atoms with Crippen molar-refractivity contribution < 1.29 is 4.92 Å². The van der Waals surface area contributed by atoms with Gasteiger partial charge in [0.15, 0.2) is 5.03 Å². The molecule has 0 amide bonds. The fraction of sp³-hybridized carbons (Fsp3) is 0.375. The van der Waals surface area contributed by atoms with Gasteiger partial charge in [-0.3, -0.25) is 10.1 Å². The highest BCUT2D eigenvalue weighted by Gasteiger charge is 2.24. The first-order valence-electron chi connectivity index (χ1n) is 5.14. The summed E-state index contributed by atoms with van der Waals surface area (Å²) in [5.41, 5.74) is 0.133. The molecule has 2 rings (SSSR count). The van der Waals surface area contributed by atoms with Gasteiger partial charge in [-0.15, -0.1) is 5.10 Å². The number of nitrogens with zero attached hydrogens (tertiary/aromatic N) is 7. The third-order valence-electron chi connectivity index (χ3n) is 2.20. The average Bonchev–Trinajstić information content (AvgIpc) is 2.73. The lowest BCUT2D eigenvalue weighted by Crippen LogP contribution is -2.05. The lowest BCUT2D eigenvalue weighted by molar-refractivity contribution is -0.389. The summed E-state index contributed by atoms with van der Waals surface area (Å²) in [6, 6.07) is 0. The van der Waals surface area contributed by atoms with Crippen LogP contribution in [0.4, 0.5) is 11.6 Å². The van der Waals surface area contributed by atoms with Gasteiger partial charge in [-0.1, -0.05) is 0 Å². The van der Waals surface area contributed by atoms with Crippen LogP contribution >= 0.6 is 11.8 Å². The van der Waals surface area contributed by atoms with E-state index < -0.39 is 4.92 Å². The van der Waals surface area contributed by atoms with E-state index in [9.17, 15) is 10.1 Å². The predicted octanol–water partition coefficient (Wildman–Crippen LogP) is 0.410. The first kappa shape index (κ1) is 13.1. The van der Waals surface area contributed by atoms with Crippen LogP contribution in [0.2, 0.25) is 0 Å². The Morgan fingerprint density at radius 3 is 2.68 bits per heavy atom. The van der Waals surface area contributed by atoms with Crippen LogP contribution in [0, 0.1) is 17.0 Å². The molecule has 0 radical (unpaired) electrons. The third-order valence-corrected chi connectivity index (χ3v) is 3.21. The topological polar surface area (TPSA) is 125 Å². The Morgan fingerprint density at radius 2 is 2.16 bits per heavy atom. The minimum absolute atomic E-state index is 0.146. The van der Waals surface area contributed by atoms with E-state index in [2.05, 4.69) is 30.8 Å². The molecule has 0 atom stereocenters. The molecular weight excluding hydrogens is 272 g/mol. The molecule has 100 valence electrons. The molecule has 0 aliphatic rings. The molecule has 0 aliphatic carbocycles. The summed E-state index contributed by atoms with van der Waals surface area (Å²) in [6.07, 6.45) is 0. The first-order chi connectivity index (χ1) is 9.02. The van der Waals surface area contributed by atoms with E-state index >= 15 is 0 Å². The van der Waals surface area contributed by atoms with Gasteiger partial charge in [-0.05, 0) is 29.1 Å². The molecule has 0 aliphatic heterocycles. The van der Waals surface area contributed by atoms with Crippen molar-refractivity contribution in [2.75, 3.05) is 12.4 Å². The van der Waals surface area contributed by atoms with E-state index in [4.69, 9.17) is 0 Å². The maximum Gasteiger partial charge on any atom is 0.322 e. The van der Waals surface area contributed by atoms with Crippen LogP contribution in [0.3, 0.4) is 0 Å². The highest BCUT2D eigenvalue weighted by Crippen LogP contribution is 2.33. The number of hydrogen-bond acceptors (Lipinski definition) is 9. The lowest BCUT2D eigenvalue weighted by atomic mass is 10.4. The molecule has 1 N–H and O–H groups in total. The summed E-state index contributed by atoms with van der Waals surface area (Å²) >= 11 is 1.01. The summed E-state index contributed by atoms with van der Waals surface area (Å²) in [6.45, 7) is 1.56. The maximum atomic E-state index is 11.1. The average molecular weight is 282 g/mol. The van der Waals surface area contributed by atoms with Crippen LogP contribution in [-0.2, 0) is 7.05 Å². The zero-order chi connectivity index (χ0) is 14.0. The summed E-state index contributed by atoms with van der Waals surface area (Å²) in [5, 5.41) is 25.3. The van der Waals surface area contributed by atoms with Crippen molar-refractivity contribution in [2.24, 2.45) is 7.05 Å². The highest BCUT2D eigenvalue weighted by molar-refractivity contribution is 7.99. The number of tetrazole rings is 1. The Bertz CT molecular complexity index is 627. The summed E-state index contributed by atoms with van der Waals surface area (Å²) in [4.78, 5) is 18.6. The summed E-state index contributed by atoms with van der Waals surface area (Å²) < 4.78 is 1.41. The summed E-state index contributed by atoms with van der Waals surface area (Å²) in [5.74, 6) is 0.306. The molecular formula is C8H10N8O2S. The first-order valence-corrected chi connectivity index (χ1v) is 5.95. The zero-order valence-corrected chi connectivity index (χ0v) is 11.2. The van der Waals surface area contributed by atoms with Crippen molar-refractivity contribution in [3.05, 3.63) is 15.8 Å². The quantitative estimate of drug-likeness (QED) is 0.482. The summed E-state index contributed by atoms with van der Waals surface area (Å²) in [7, 11) is 3.28. The second-order valence-electron chi connectivity index (χ2n) is 3.48. The zero-order valence-electron chi connectivity index (χ0n) is 10.4. The number of rotatable bonds is 4. The van der Waals surface area contributed by atoms with Crippen LogP contribution in [0.5, 0.6) is 0 Å². The van der Waals surface area contributed by atoms with E-state index in [-0.39, 0.29) is 16.4 Å². The van der Waals surface area contributed by atoms with Crippen molar-refractivity contribution in [3.8, 4) is 0 Å². The molecule has 0 spiro atoms. The Labute approximate surface area is 111 Å². The van der Waals surface area contributed by atoms with Gasteiger partial charge in [0, 0.05) is 14.1 Å². The molecule has 0 saturated heterocycles. The highest BCUT2D eigenvalue weighted by atomic mass is 32.2. The minimum atomic E-state index is -0.513. The molecule has 10 nitrogen and oxygen atoms in total. The monoisotopic (exact) mass is 282 g/mol. The standard InChI is InChI=1S/C8H10N8O2S/c1-4-5(16(17)18)6(11-7(9-2)10-4)19-8-12-13-14-15(8)3/h1-3H3,(H,9,10,11). The third kappa shape index (κ3) is 2.59. The van der Waals surface area contributed by atoms with Gasteiger partial charge in [0.2, 0.25) is 11.1 Å². The molecule has 2 aromatic heterocycles. The van der Waals surface area contributed by atoms with Gasteiger partial charge in [0.25, 0.3) is 0 Å². The molecule has 0 bridgehead atoms. The van der Waals surface area contributed by atoms with E-state index in [0.29, 0.717) is 11.1 Å².